The number of allylic oxidation sites excluding steroid dienone is 1. The molecule has 1 fully saturated rings. The first-order valence-electron chi connectivity index (χ1n) is 31.2. The molecule has 0 atom stereocenters. The Morgan fingerprint density at radius 3 is 0.825 bits per heavy atom. The summed E-state index contributed by atoms with van der Waals surface area (Å²) in [5.41, 5.74) is 5.50. The van der Waals surface area contributed by atoms with Crippen molar-refractivity contribution in [1.29, 1.82) is 0 Å². The van der Waals surface area contributed by atoms with Crippen LogP contribution >= 0.6 is 141 Å². The third-order valence-corrected chi connectivity index (χ3v) is 32.5. The van der Waals surface area contributed by atoms with E-state index in [9.17, 15) is 74.7 Å². The second-order valence-corrected chi connectivity index (χ2v) is 47.3. The van der Waals surface area contributed by atoms with E-state index in [4.69, 9.17) is 15.0 Å². The van der Waals surface area contributed by atoms with Crippen LogP contribution < -0.4 is 0 Å². The van der Waals surface area contributed by atoms with Gasteiger partial charge in [-0.2, -0.15) is 0 Å². The normalized spacial score (nSPS) is 20.2. The molecule has 1 saturated heterocycles. The standard InChI is InChI=1S/C64H81N6O15S12/c1-59(2)86-44-38(45-51(93-60(3,4)87-45)41(50(44)92-59)56(83)65-19-28-68(22-13-31(71)72)23-14-32(73)74)37(39-46-52(94-61(5,6)88-46)42(53-47(39)89-62(7,8)95-53)57(84)66-20-29-69(24-15-33(75)76)25-16-34(77)78)40-48-54(96-63(9,10)90-48)43(55-49(40)91-64(11,12)97-55)58(85)67-21-30-70(26-17-35(79)80)27-18-36(81)82/h13-30H2,1-12H3,(H,65,83)(H,66,84)(H,67,85)(H,71,72)(H,73,74)(H,75,76)(H,77,78)(H,79,80)(H,81,82). The minimum absolute atomic E-state index is 0.0454. The Bertz CT molecular complexity index is 3460. The lowest BCUT2D eigenvalue weighted by molar-refractivity contribution is -0.139. The largest absolute Gasteiger partial charge is 0.493 e. The summed E-state index contributed by atoms with van der Waals surface area (Å²) in [4.78, 5) is 99.6. The number of hydrogen-bond donors (Lipinski definition) is 9. The predicted molar refractivity (Wildman–Crippen MR) is 404 cm³/mol. The van der Waals surface area contributed by atoms with Gasteiger partial charge in [0.1, 0.15) is 0 Å². The summed E-state index contributed by atoms with van der Waals surface area (Å²) in [5.74, 6) is -6.71. The molecule has 0 aromatic heterocycles. The number of aliphatic carboxylic acids is 6. The van der Waals surface area contributed by atoms with Gasteiger partial charge in [-0.3, -0.25) is 28.8 Å². The number of carboxylic acids is 6. The number of thioether (sulfide) groups is 12. The molecule has 529 valence electrons. The van der Waals surface area contributed by atoms with Crippen molar-refractivity contribution in [2.75, 3.05) is 78.5 Å². The van der Waals surface area contributed by atoms with Crippen LogP contribution in [-0.2, 0) is 28.8 Å². The number of carboxylic acid groups (broad SMARTS) is 6. The molecular weight excluding hydrogens is 1480 g/mol. The monoisotopic (exact) mass is 1560 g/mol. The van der Waals surface area contributed by atoms with Crippen molar-refractivity contribution in [2.24, 2.45) is 15.0 Å². The quantitative estimate of drug-likeness (QED) is 0.0243. The van der Waals surface area contributed by atoms with Crippen LogP contribution in [0.15, 0.2) is 80.0 Å². The van der Waals surface area contributed by atoms with E-state index in [1.54, 1.807) is 156 Å². The molecular formula is C64H81N6O15S12. The predicted octanol–water partition coefficient (Wildman–Crippen LogP) is 15.0. The highest BCUT2D eigenvalue weighted by Crippen LogP contribution is 2.76. The summed E-state index contributed by atoms with van der Waals surface area (Å²) in [5, 5.41) is 96.8. The third-order valence-electron chi connectivity index (χ3n) is 15.4. The van der Waals surface area contributed by atoms with E-state index in [2.05, 4.69) is 83.1 Å². The van der Waals surface area contributed by atoms with E-state index in [-0.39, 0.29) is 135 Å². The molecule has 2 aromatic carbocycles. The highest BCUT2D eigenvalue weighted by molar-refractivity contribution is 8.27. The highest BCUT2D eigenvalue weighted by Gasteiger charge is 2.55. The Hall–Kier alpha value is -3.03. The highest BCUT2D eigenvalue weighted by atomic mass is 32.2. The number of rotatable bonds is 32. The van der Waals surface area contributed by atoms with Crippen molar-refractivity contribution < 1.29 is 74.7 Å². The first-order valence-corrected chi connectivity index (χ1v) is 41.0. The lowest BCUT2D eigenvalue weighted by atomic mass is 9.86. The number of aliphatic hydroxyl groups is 3. The van der Waals surface area contributed by atoms with Gasteiger partial charge in [-0.15, -0.1) is 141 Å². The molecule has 0 saturated carbocycles. The number of fused-ring (bicyclic) bond motifs is 5. The van der Waals surface area contributed by atoms with Crippen molar-refractivity contribution in [1.82, 2.24) is 14.7 Å². The fourth-order valence-electron chi connectivity index (χ4n) is 11.5. The second kappa shape index (κ2) is 31.1. The molecule has 2 aromatic rings. The summed E-state index contributed by atoms with van der Waals surface area (Å²) < 4.78 is -3.09. The fourth-order valence-corrected chi connectivity index (χ4v) is 29.3. The molecule has 21 nitrogen and oxygen atoms in total. The van der Waals surface area contributed by atoms with Crippen LogP contribution in [0.5, 0.6) is 0 Å². The van der Waals surface area contributed by atoms with Crippen molar-refractivity contribution in [2.45, 2.75) is 185 Å². The molecule has 97 heavy (non-hydrogen) atoms. The molecule has 0 bridgehead atoms. The van der Waals surface area contributed by atoms with Crippen LogP contribution in [0.4, 0.5) is 0 Å². The van der Waals surface area contributed by atoms with Crippen molar-refractivity contribution in [3.63, 3.8) is 0 Å². The molecule has 6 heterocycles. The summed E-state index contributed by atoms with van der Waals surface area (Å²) >= 11 is 20.0. The molecule has 0 spiro atoms. The number of aliphatic hydroxyl groups excluding tert-OH is 3. The Labute approximate surface area is 616 Å². The van der Waals surface area contributed by atoms with Gasteiger partial charge in [-0.25, -0.2) is 15.0 Å². The minimum Gasteiger partial charge on any atom is -0.493 e. The Morgan fingerprint density at radius 1 is 0.299 bits per heavy atom. The van der Waals surface area contributed by atoms with Gasteiger partial charge in [0.05, 0.1) is 105 Å². The first-order chi connectivity index (χ1) is 45.2. The average Bonchev–Trinajstić information content (AvgIpc) is 1.57. The van der Waals surface area contributed by atoms with E-state index >= 15 is 0 Å². The number of nitrogens with zero attached hydrogens (tertiary/aromatic N) is 6. The van der Waals surface area contributed by atoms with Gasteiger partial charge < -0.3 is 60.7 Å². The van der Waals surface area contributed by atoms with Gasteiger partial charge in [0, 0.05) is 124 Å². The van der Waals surface area contributed by atoms with Crippen LogP contribution in [0.3, 0.4) is 0 Å². The lowest BCUT2D eigenvalue weighted by Crippen LogP contribution is -2.31. The topological polar surface area (TPSA) is 331 Å². The van der Waals surface area contributed by atoms with Gasteiger partial charge in [0.15, 0.2) is 0 Å². The SMILES string of the molecule is CC1(C)S[C]2C(=C(C(O)=NCCN(CCC(=O)O)CCC(=O)O)C3=C(SC(C)(C)S3)C2=C(c2c3c(c(C(O)=NCCN(CCC(=O)O)CCC(=O)O)c4c2SC(C)(C)S4)SC(C)(C)S3)c2c3c(c(C(O)=NCCN(CCC(=O)O)CCC(=O)O)c4c2SC(C)(C)S4)SC(C)(C)S3)S1. The zero-order valence-electron chi connectivity index (χ0n) is 55.8. The molecule has 7 aliphatic rings. The molecule has 0 amide bonds. The van der Waals surface area contributed by atoms with Crippen molar-refractivity contribution in [3.05, 3.63) is 53.4 Å². The fraction of sp³-hybridized carbons (Fsp3) is 0.562. The number of aliphatic imine (C=N–C) groups is 3. The number of benzene rings is 2. The smallest absolute Gasteiger partial charge is 0.304 e. The third kappa shape index (κ3) is 19.0. The van der Waals surface area contributed by atoms with Gasteiger partial charge in [0.2, 0.25) is 17.7 Å². The summed E-state index contributed by atoms with van der Waals surface area (Å²) in [7, 11) is 0. The lowest BCUT2D eigenvalue weighted by Gasteiger charge is -2.31. The Morgan fingerprint density at radius 2 is 0.536 bits per heavy atom. The van der Waals surface area contributed by atoms with E-state index in [0.29, 0.717) is 16.7 Å². The van der Waals surface area contributed by atoms with Crippen LogP contribution in [0.25, 0.3) is 5.57 Å². The van der Waals surface area contributed by atoms with E-state index in [1.165, 1.54) is 0 Å². The maximum atomic E-state index is 12.8. The zero-order valence-corrected chi connectivity index (χ0v) is 65.6. The Balaban J connectivity index is 1.36. The molecule has 33 heteroatoms. The Kier molecular flexibility index (Phi) is 25.1. The van der Waals surface area contributed by atoms with Gasteiger partial charge in [0.25, 0.3) is 0 Å². The molecule has 9 N–H and O–H groups in total. The average molecular weight is 1560 g/mol. The molecule has 6 aliphatic heterocycles. The van der Waals surface area contributed by atoms with Gasteiger partial charge in [-0.1, -0.05) is 0 Å². The van der Waals surface area contributed by atoms with Crippen molar-refractivity contribution >= 4 is 200 Å². The number of hydrogen-bond acceptors (Lipinski definition) is 24. The van der Waals surface area contributed by atoms with E-state index < -0.39 is 60.3 Å². The van der Waals surface area contributed by atoms with Gasteiger partial charge in [-0.05, 0) is 94.2 Å². The molecule has 1 aliphatic carbocycles. The summed E-state index contributed by atoms with van der Waals surface area (Å²) in [6.45, 7) is 27.2. The second-order valence-electron chi connectivity index (χ2n) is 26.2. The molecule has 9 rings (SSSR count). The molecule has 0 unspecified atom stereocenters. The van der Waals surface area contributed by atoms with E-state index in [0.717, 1.165) is 81.4 Å². The van der Waals surface area contributed by atoms with Crippen molar-refractivity contribution in [3.8, 4) is 0 Å². The van der Waals surface area contributed by atoms with Crippen LogP contribution in [0.2, 0.25) is 0 Å². The number of carbonyl (C=O) groups is 6. The van der Waals surface area contributed by atoms with Crippen LogP contribution in [-0.4, -0.2) is 217 Å². The molecule has 1 radical (unpaired) electrons. The first kappa shape index (κ1) is 78.1. The maximum absolute atomic E-state index is 12.8. The van der Waals surface area contributed by atoms with E-state index in [1.807, 2.05) is 0 Å². The van der Waals surface area contributed by atoms with Crippen LogP contribution in [0.1, 0.15) is 144 Å². The minimum atomic E-state index is -1.02. The summed E-state index contributed by atoms with van der Waals surface area (Å²) in [6, 6.07) is 0. The summed E-state index contributed by atoms with van der Waals surface area (Å²) in [6.07, 6.45) is -1.22. The van der Waals surface area contributed by atoms with Gasteiger partial charge >= 0.3 is 35.8 Å². The maximum Gasteiger partial charge on any atom is 0.304 e. The van der Waals surface area contributed by atoms with Crippen LogP contribution in [0, 0.1) is 5.25 Å². The zero-order chi connectivity index (χ0) is 71.2.